The Balaban J connectivity index is 3.07. The molecule has 5 nitrogen and oxygen atoms in total. The maximum Gasteiger partial charge on any atom is 0.320 e. The Morgan fingerprint density at radius 3 is 2.75 bits per heavy atom. The molecule has 0 fully saturated rings. The predicted molar refractivity (Wildman–Crippen MR) is 53.9 cm³/mol. The largest absolute Gasteiger partial charge is 0.507 e. The van der Waals surface area contributed by atoms with Crippen LogP contribution in [-0.2, 0) is 11.2 Å². The number of phenolic OH excluding ortho intramolecular Hbond substituents is 1. The number of ether oxygens (including phenoxy) is 1. The van der Waals surface area contributed by atoms with Gasteiger partial charge in [0.25, 0.3) is 0 Å². The summed E-state index contributed by atoms with van der Waals surface area (Å²) in [4.78, 5) is 10.6. The highest BCUT2D eigenvalue weighted by Crippen LogP contribution is 2.29. The maximum atomic E-state index is 12.9. The molecular weight excluding hydrogens is 217 g/mol. The SMILES string of the molecule is COc1cc(F)cc(O)c1CC(N)C(=O)O. The van der Waals surface area contributed by atoms with Gasteiger partial charge in [0, 0.05) is 24.1 Å². The van der Waals surface area contributed by atoms with Crippen LogP contribution in [0.5, 0.6) is 11.5 Å². The number of carbonyl (C=O) groups is 1. The van der Waals surface area contributed by atoms with Crippen LogP contribution in [0.4, 0.5) is 4.39 Å². The lowest BCUT2D eigenvalue weighted by Crippen LogP contribution is -2.32. The second-order valence-corrected chi connectivity index (χ2v) is 3.25. The van der Waals surface area contributed by atoms with Gasteiger partial charge in [-0.3, -0.25) is 4.79 Å². The molecule has 4 N–H and O–H groups in total. The Bertz CT molecular complexity index is 408. The molecule has 0 saturated carbocycles. The molecule has 88 valence electrons. The molecule has 0 heterocycles. The van der Waals surface area contributed by atoms with Gasteiger partial charge in [-0.2, -0.15) is 0 Å². The number of carboxylic acids is 1. The summed E-state index contributed by atoms with van der Waals surface area (Å²) in [5, 5.41) is 18.1. The van der Waals surface area contributed by atoms with Gasteiger partial charge in [0.2, 0.25) is 0 Å². The number of aliphatic carboxylic acids is 1. The van der Waals surface area contributed by atoms with Gasteiger partial charge in [0.1, 0.15) is 23.4 Å². The summed E-state index contributed by atoms with van der Waals surface area (Å²) in [5.41, 5.74) is 5.50. The van der Waals surface area contributed by atoms with Gasteiger partial charge in [-0.05, 0) is 0 Å². The van der Waals surface area contributed by atoms with Crippen LogP contribution in [0.3, 0.4) is 0 Å². The lowest BCUT2D eigenvalue weighted by atomic mass is 10.0. The molecule has 0 aliphatic carbocycles. The van der Waals surface area contributed by atoms with Gasteiger partial charge in [-0.15, -0.1) is 0 Å². The summed E-state index contributed by atoms with van der Waals surface area (Å²) in [6.07, 6.45) is -0.134. The van der Waals surface area contributed by atoms with Gasteiger partial charge < -0.3 is 20.7 Å². The zero-order valence-corrected chi connectivity index (χ0v) is 8.61. The van der Waals surface area contributed by atoms with Crippen molar-refractivity contribution in [3.63, 3.8) is 0 Å². The zero-order chi connectivity index (χ0) is 12.3. The number of methoxy groups -OCH3 is 1. The number of hydrogen-bond acceptors (Lipinski definition) is 4. The highest BCUT2D eigenvalue weighted by Gasteiger charge is 2.19. The third kappa shape index (κ3) is 2.60. The van der Waals surface area contributed by atoms with Crippen molar-refractivity contribution in [1.82, 2.24) is 0 Å². The van der Waals surface area contributed by atoms with Crippen LogP contribution in [-0.4, -0.2) is 29.3 Å². The molecule has 0 spiro atoms. The van der Waals surface area contributed by atoms with E-state index in [1.165, 1.54) is 7.11 Å². The fourth-order valence-corrected chi connectivity index (χ4v) is 1.29. The molecule has 6 heteroatoms. The monoisotopic (exact) mass is 229 g/mol. The number of hydrogen-bond donors (Lipinski definition) is 3. The lowest BCUT2D eigenvalue weighted by Gasteiger charge is -2.12. The molecule has 0 aromatic heterocycles. The molecule has 0 saturated heterocycles. The molecule has 1 aromatic rings. The van der Waals surface area contributed by atoms with E-state index in [-0.39, 0.29) is 23.5 Å². The van der Waals surface area contributed by atoms with Crippen LogP contribution in [0.2, 0.25) is 0 Å². The number of benzene rings is 1. The normalized spacial score (nSPS) is 12.2. The third-order valence-electron chi connectivity index (χ3n) is 2.11. The molecule has 0 radical (unpaired) electrons. The number of phenols is 1. The molecular formula is C10H12FNO4. The first-order chi connectivity index (χ1) is 7.45. The van der Waals surface area contributed by atoms with E-state index < -0.39 is 17.8 Å². The van der Waals surface area contributed by atoms with Gasteiger partial charge in [-0.1, -0.05) is 0 Å². The van der Waals surface area contributed by atoms with Crippen molar-refractivity contribution >= 4 is 5.97 Å². The minimum Gasteiger partial charge on any atom is -0.507 e. The number of halogens is 1. The van der Waals surface area contributed by atoms with Crippen LogP contribution in [0.1, 0.15) is 5.56 Å². The molecule has 0 aliphatic rings. The smallest absolute Gasteiger partial charge is 0.320 e. The first-order valence-electron chi connectivity index (χ1n) is 4.49. The van der Waals surface area contributed by atoms with E-state index in [9.17, 15) is 14.3 Å². The Labute approximate surface area is 91.3 Å². The molecule has 0 amide bonds. The van der Waals surface area contributed by atoms with E-state index in [4.69, 9.17) is 15.6 Å². The predicted octanol–water partition coefficient (Wildman–Crippen LogP) is 0.494. The van der Waals surface area contributed by atoms with Crippen molar-refractivity contribution in [1.29, 1.82) is 0 Å². The molecule has 0 bridgehead atoms. The van der Waals surface area contributed by atoms with Gasteiger partial charge in [0.05, 0.1) is 7.11 Å². The van der Waals surface area contributed by atoms with Crippen molar-refractivity contribution in [2.24, 2.45) is 5.73 Å². The number of nitrogens with two attached hydrogens (primary N) is 1. The topological polar surface area (TPSA) is 92.8 Å². The fraction of sp³-hybridized carbons (Fsp3) is 0.300. The highest BCUT2D eigenvalue weighted by molar-refractivity contribution is 5.74. The zero-order valence-electron chi connectivity index (χ0n) is 8.61. The average Bonchev–Trinajstić information content (AvgIpc) is 2.21. The molecule has 1 rings (SSSR count). The maximum absolute atomic E-state index is 12.9. The minimum atomic E-state index is -1.20. The third-order valence-corrected chi connectivity index (χ3v) is 2.11. The summed E-state index contributed by atoms with van der Waals surface area (Å²) >= 11 is 0. The number of aromatic hydroxyl groups is 1. The van der Waals surface area contributed by atoms with Crippen LogP contribution < -0.4 is 10.5 Å². The van der Waals surface area contributed by atoms with E-state index in [0.717, 1.165) is 12.1 Å². The minimum absolute atomic E-state index is 0.0780. The van der Waals surface area contributed by atoms with Crippen LogP contribution in [0, 0.1) is 5.82 Å². The van der Waals surface area contributed by atoms with Crippen molar-refractivity contribution in [3.05, 3.63) is 23.5 Å². The van der Waals surface area contributed by atoms with Crippen molar-refractivity contribution in [2.75, 3.05) is 7.11 Å². The van der Waals surface area contributed by atoms with E-state index >= 15 is 0 Å². The Morgan fingerprint density at radius 1 is 1.62 bits per heavy atom. The van der Waals surface area contributed by atoms with Gasteiger partial charge in [0.15, 0.2) is 0 Å². The van der Waals surface area contributed by atoms with E-state index in [2.05, 4.69) is 0 Å². The molecule has 16 heavy (non-hydrogen) atoms. The van der Waals surface area contributed by atoms with Gasteiger partial charge >= 0.3 is 5.97 Å². The summed E-state index contributed by atoms with van der Waals surface area (Å²) < 4.78 is 17.7. The molecule has 1 unspecified atom stereocenters. The summed E-state index contributed by atoms with van der Waals surface area (Å²) in [6, 6.07) is 0.765. The van der Waals surface area contributed by atoms with Gasteiger partial charge in [-0.25, -0.2) is 4.39 Å². The highest BCUT2D eigenvalue weighted by atomic mass is 19.1. The quantitative estimate of drug-likeness (QED) is 0.698. The Morgan fingerprint density at radius 2 is 2.25 bits per heavy atom. The van der Waals surface area contributed by atoms with E-state index in [0.29, 0.717) is 0 Å². The number of rotatable bonds is 4. The summed E-state index contributed by atoms with van der Waals surface area (Å²) in [5.74, 6) is -2.16. The number of carboxylic acid groups (broad SMARTS) is 1. The fourth-order valence-electron chi connectivity index (χ4n) is 1.29. The lowest BCUT2D eigenvalue weighted by molar-refractivity contribution is -0.138. The second-order valence-electron chi connectivity index (χ2n) is 3.25. The molecule has 1 aromatic carbocycles. The van der Waals surface area contributed by atoms with E-state index in [1.54, 1.807) is 0 Å². The van der Waals surface area contributed by atoms with Crippen molar-refractivity contribution < 1.29 is 24.1 Å². The first kappa shape index (κ1) is 12.3. The van der Waals surface area contributed by atoms with Crippen LogP contribution in [0.15, 0.2) is 12.1 Å². The van der Waals surface area contributed by atoms with Crippen LogP contribution in [0.25, 0.3) is 0 Å². The van der Waals surface area contributed by atoms with Crippen molar-refractivity contribution in [2.45, 2.75) is 12.5 Å². The average molecular weight is 229 g/mol. The molecule has 0 aliphatic heterocycles. The molecule has 1 atom stereocenters. The summed E-state index contributed by atoms with van der Waals surface area (Å²) in [7, 11) is 1.30. The van der Waals surface area contributed by atoms with Crippen molar-refractivity contribution in [3.8, 4) is 11.5 Å². The Kier molecular flexibility index (Phi) is 3.68. The first-order valence-corrected chi connectivity index (χ1v) is 4.49. The summed E-state index contributed by atoms with van der Waals surface area (Å²) in [6.45, 7) is 0. The standard InChI is InChI=1S/C10H12FNO4/c1-16-9-3-5(11)2-8(13)6(9)4-7(12)10(14)15/h2-3,7,13H,4,12H2,1H3,(H,14,15). The second kappa shape index (κ2) is 4.80. The Hall–Kier alpha value is -1.82. The van der Waals surface area contributed by atoms with E-state index in [1.807, 2.05) is 0 Å². The van der Waals surface area contributed by atoms with Crippen LogP contribution >= 0.6 is 0 Å².